The minimum absolute atomic E-state index is 0.152. The van der Waals surface area contributed by atoms with Crippen LogP contribution in [0.1, 0.15) is 11.1 Å². The molecule has 0 unspecified atom stereocenters. The highest BCUT2D eigenvalue weighted by Gasteiger charge is 2.21. The molecule has 0 radical (unpaired) electrons. The molecule has 1 aliphatic rings. The van der Waals surface area contributed by atoms with Gasteiger partial charge >= 0.3 is 0 Å². The van der Waals surface area contributed by atoms with Crippen LogP contribution in [0.25, 0.3) is 6.08 Å². The van der Waals surface area contributed by atoms with Crippen LogP contribution >= 0.6 is 35.6 Å². The van der Waals surface area contributed by atoms with Crippen LogP contribution < -0.4 is 10.1 Å². The van der Waals surface area contributed by atoms with Crippen molar-refractivity contribution in [3.63, 3.8) is 0 Å². The van der Waals surface area contributed by atoms with Crippen molar-refractivity contribution < 1.29 is 9.53 Å². The van der Waals surface area contributed by atoms with Crippen LogP contribution in [-0.2, 0) is 11.4 Å². The molecule has 3 rings (SSSR count). The van der Waals surface area contributed by atoms with E-state index in [-0.39, 0.29) is 5.91 Å². The molecule has 0 aromatic heterocycles. The van der Waals surface area contributed by atoms with Crippen molar-refractivity contribution in [3.8, 4) is 5.75 Å². The Labute approximate surface area is 148 Å². The summed E-state index contributed by atoms with van der Waals surface area (Å²) in [6.07, 6.45) is 1.81. The number of carbonyl (C=O) groups is 1. The van der Waals surface area contributed by atoms with Crippen LogP contribution in [-0.4, -0.2) is 10.2 Å². The van der Waals surface area contributed by atoms with Gasteiger partial charge in [0.25, 0.3) is 5.91 Å². The first-order valence-corrected chi connectivity index (χ1v) is 8.42. The Balaban J connectivity index is 1.64. The number of thiocarbonyl (C=S) groups is 1. The highest BCUT2D eigenvalue weighted by atomic mass is 35.5. The third kappa shape index (κ3) is 4.34. The smallest absolute Gasteiger partial charge is 0.263 e. The third-order valence-electron chi connectivity index (χ3n) is 3.11. The first-order chi connectivity index (χ1) is 11.1. The van der Waals surface area contributed by atoms with Gasteiger partial charge in [-0.3, -0.25) is 4.79 Å². The Morgan fingerprint density at radius 3 is 2.65 bits per heavy atom. The average Bonchev–Trinajstić information content (AvgIpc) is 2.84. The molecule has 6 heteroatoms. The molecule has 3 nitrogen and oxygen atoms in total. The number of rotatable bonds is 4. The summed E-state index contributed by atoms with van der Waals surface area (Å²) in [4.78, 5) is 12.2. The zero-order valence-electron chi connectivity index (χ0n) is 11.9. The van der Waals surface area contributed by atoms with Crippen molar-refractivity contribution in [2.75, 3.05) is 0 Å². The zero-order valence-corrected chi connectivity index (χ0v) is 14.3. The van der Waals surface area contributed by atoms with Crippen LogP contribution in [0.3, 0.4) is 0 Å². The van der Waals surface area contributed by atoms with E-state index in [2.05, 4.69) is 5.32 Å². The molecule has 1 aliphatic heterocycles. The number of carbonyl (C=O) groups excluding carboxylic acids is 1. The number of nitrogens with one attached hydrogen (secondary N) is 1. The summed E-state index contributed by atoms with van der Waals surface area (Å²) in [5, 5.41) is 3.29. The van der Waals surface area contributed by atoms with E-state index in [1.807, 2.05) is 48.5 Å². The van der Waals surface area contributed by atoms with E-state index in [0.29, 0.717) is 20.9 Å². The predicted molar refractivity (Wildman–Crippen MR) is 98.5 cm³/mol. The molecule has 0 atom stereocenters. The standard InChI is InChI=1S/C17H12ClNO2S2/c18-13-3-1-2-12(8-13)10-21-14-6-4-11(5-7-14)9-15-16(20)19-17(22)23-15/h1-9H,10H2,(H,19,20,22). The highest BCUT2D eigenvalue weighted by Crippen LogP contribution is 2.26. The fraction of sp³-hybridized carbons (Fsp3) is 0.0588. The topological polar surface area (TPSA) is 38.3 Å². The zero-order chi connectivity index (χ0) is 16.2. The molecule has 23 heavy (non-hydrogen) atoms. The van der Waals surface area contributed by atoms with Crippen LogP contribution in [0, 0.1) is 0 Å². The molecule has 1 amide bonds. The summed E-state index contributed by atoms with van der Waals surface area (Å²) in [5.41, 5.74) is 1.93. The van der Waals surface area contributed by atoms with E-state index >= 15 is 0 Å². The lowest BCUT2D eigenvalue weighted by Crippen LogP contribution is -2.17. The molecule has 1 heterocycles. The molecule has 0 saturated carbocycles. The summed E-state index contributed by atoms with van der Waals surface area (Å²) < 4.78 is 6.21. The van der Waals surface area contributed by atoms with Gasteiger partial charge in [0, 0.05) is 5.02 Å². The first-order valence-electron chi connectivity index (χ1n) is 6.82. The van der Waals surface area contributed by atoms with E-state index < -0.39 is 0 Å². The highest BCUT2D eigenvalue weighted by molar-refractivity contribution is 8.26. The Kier molecular flexibility index (Phi) is 5.00. The lowest BCUT2D eigenvalue weighted by molar-refractivity contribution is -0.115. The molecular weight excluding hydrogens is 350 g/mol. The van der Waals surface area contributed by atoms with E-state index in [0.717, 1.165) is 16.9 Å². The maximum absolute atomic E-state index is 11.6. The van der Waals surface area contributed by atoms with Gasteiger partial charge in [-0.1, -0.05) is 59.8 Å². The molecule has 1 saturated heterocycles. The predicted octanol–water partition coefficient (Wildman–Crippen LogP) is 4.41. The molecule has 116 valence electrons. The van der Waals surface area contributed by atoms with Gasteiger partial charge in [0.15, 0.2) is 0 Å². The van der Waals surface area contributed by atoms with Gasteiger partial charge in [0.05, 0.1) is 4.91 Å². The number of halogens is 1. The van der Waals surface area contributed by atoms with Crippen molar-refractivity contribution in [2.24, 2.45) is 0 Å². The van der Waals surface area contributed by atoms with Gasteiger partial charge in [-0.05, 0) is 41.5 Å². The fourth-order valence-corrected chi connectivity index (χ4v) is 3.28. The quantitative estimate of drug-likeness (QED) is 0.646. The van der Waals surface area contributed by atoms with E-state index in [9.17, 15) is 4.79 Å². The summed E-state index contributed by atoms with van der Waals surface area (Å²) in [6.45, 7) is 0.452. The average molecular weight is 362 g/mol. The van der Waals surface area contributed by atoms with Crippen LogP contribution in [0.15, 0.2) is 53.4 Å². The van der Waals surface area contributed by atoms with Gasteiger partial charge in [0.2, 0.25) is 0 Å². The van der Waals surface area contributed by atoms with Crippen LogP contribution in [0.4, 0.5) is 0 Å². The molecule has 1 fully saturated rings. The Hall–Kier alpha value is -1.82. The molecule has 0 spiro atoms. The van der Waals surface area contributed by atoms with Crippen molar-refractivity contribution in [1.82, 2.24) is 5.32 Å². The van der Waals surface area contributed by atoms with Crippen molar-refractivity contribution in [2.45, 2.75) is 6.61 Å². The van der Waals surface area contributed by atoms with E-state index in [4.69, 9.17) is 28.6 Å². The maximum Gasteiger partial charge on any atom is 0.263 e. The van der Waals surface area contributed by atoms with Crippen molar-refractivity contribution in [1.29, 1.82) is 0 Å². The largest absolute Gasteiger partial charge is 0.489 e. The van der Waals surface area contributed by atoms with Crippen LogP contribution in [0.2, 0.25) is 5.02 Å². The van der Waals surface area contributed by atoms with Gasteiger partial charge in [-0.25, -0.2) is 0 Å². The number of hydrogen-bond donors (Lipinski definition) is 1. The van der Waals surface area contributed by atoms with Gasteiger partial charge in [0.1, 0.15) is 16.7 Å². The lowest BCUT2D eigenvalue weighted by atomic mass is 10.2. The number of amides is 1. The lowest BCUT2D eigenvalue weighted by Gasteiger charge is -2.07. The third-order valence-corrected chi connectivity index (χ3v) is 4.51. The van der Waals surface area contributed by atoms with E-state index in [1.165, 1.54) is 11.8 Å². The normalized spacial score (nSPS) is 15.8. The maximum atomic E-state index is 11.6. The summed E-state index contributed by atoms with van der Waals surface area (Å²) >= 11 is 12.2. The van der Waals surface area contributed by atoms with Crippen molar-refractivity contribution in [3.05, 3.63) is 69.6 Å². The molecule has 2 aromatic rings. The molecule has 1 N–H and O–H groups in total. The minimum atomic E-state index is -0.152. The Morgan fingerprint density at radius 1 is 1.22 bits per heavy atom. The molecule has 2 aromatic carbocycles. The van der Waals surface area contributed by atoms with Crippen LogP contribution in [0.5, 0.6) is 5.75 Å². The second kappa shape index (κ2) is 7.17. The monoisotopic (exact) mass is 361 g/mol. The Morgan fingerprint density at radius 2 is 2.00 bits per heavy atom. The summed E-state index contributed by atoms with van der Waals surface area (Å²) in [5.74, 6) is 0.604. The summed E-state index contributed by atoms with van der Waals surface area (Å²) in [7, 11) is 0. The van der Waals surface area contributed by atoms with Gasteiger partial charge < -0.3 is 10.1 Å². The minimum Gasteiger partial charge on any atom is -0.489 e. The number of hydrogen-bond acceptors (Lipinski definition) is 4. The second-order valence-electron chi connectivity index (χ2n) is 4.84. The number of thioether (sulfide) groups is 1. The van der Waals surface area contributed by atoms with E-state index in [1.54, 1.807) is 6.08 Å². The SMILES string of the molecule is O=C1NC(=S)SC1=Cc1ccc(OCc2cccc(Cl)c2)cc1. The Bertz CT molecular complexity index is 787. The molecule has 0 bridgehead atoms. The van der Waals surface area contributed by atoms with Gasteiger partial charge in [-0.2, -0.15) is 0 Å². The molecule has 0 aliphatic carbocycles. The number of ether oxygens (including phenoxy) is 1. The first kappa shape index (κ1) is 16.1. The number of benzene rings is 2. The van der Waals surface area contributed by atoms with Gasteiger partial charge in [-0.15, -0.1) is 0 Å². The second-order valence-corrected chi connectivity index (χ2v) is 7.00. The summed E-state index contributed by atoms with van der Waals surface area (Å²) in [6, 6.07) is 15.1. The van der Waals surface area contributed by atoms with Crippen molar-refractivity contribution >= 4 is 51.9 Å². The fourth-order valence-electron chi connectivity index (χ4n) is 2.03. The molecular formula is C17H12ClNO2S2.